The summed E-state index contributed by atoms with van der Waals surface area (Å²) in [6.07, 6.45) is 1.51. The van der Waals surface area contributed by atoms with Gasteiger partial charge in [0.25, 0.3) is 5.69 Å². The van der Waals surface area contributed by atoms with Crippen LogP contribution in [-0.2, 0) is 32.6 Å². The number of nitrogens with one attached hydrogen (secondary N) is 1. The van der Waals surface area contributed by atoms with E-state index in [9.17, 15) is 32.5 Å². The summed E-state index contributed by atoms with van der Waals surface area (Å²) in [5.74, 6) is -1.97. The number of methoxy groups -OCH3 is 1. The van der Waals surface area contributed by atoms with Crippen LogP contribution in [0.2, 0.25) is 0 Å². The molecule has 1 N–H and O–H groups in total. The Bertz CT molecular complexity index is 1550. The quantitative estimate of drug-likeness (QED) is 0.213. The van der Waals surface area contributed by atoms with E-state index >= 15 is 0 Å². The van der Waals surface area contributed by atoms with Crippen molar-refractivity contribution < 1.29 is 32.1 Å². The van der Waals surface area contributed by atoms with Crippen LogP contribution in [0.15, 0.2) is 72.8 Å². The Hall–Kier alpha value is -4.52. The third kappa shape index (κ3) is 8.74. The zero-order valence-corrected chi connectivity index (χ0v) is 25.2. The lowest BCUT2D eigenvalue weighted by Gasteiger charge is -2.34. The molecule has 0 bridgehead atoms. The molecule has 11 nitrogen and oxygen atoms in total. The van der Waals surface area contributed by atoms with Crippen LogP contribution in [0.5, 0.6) is 5.75 Å². The molecule has 230 valence electrons. The van der Waals surface area contributed by atoms with Gasteiger partial charge in [-0.25, -0.2) is 12.8 Å². The number of nitro groups is 1. The van der Waals surface area contributed by atoms with Gasteiger partial charge in [-0.3, -0.25) is 24.0 Å². The van der Waals surface area contributed by atoms with Gasteiger partial charge in [-0.15, -0.1) is 0 Å². The predicted octanol–water partition coefficient (Wildman–Crippen LogP) is 4.06. The molecule has 0 aliphatic heterocycles. The maximum absolute atomic E-state index is 14.9. The largest absolute Gasteiger partial charge is 0.495 e. The van der Waals surface area contributed by atoms with Gasteiger partial charge in [0.2, 0.25) is 21.8 Å². The van der Waals surface area contributed by atoms with Crippen LogP contribution in [0.1, 0.15) is 31.4 Å². The fourth-order valence-electron chi connectivity index (χ4n) is 4.39. The lowest BCUT2D eigenvalue weighted by Crippen LogP contribution is -2.54. The van der Waals surface area contributed by atoms with Crippen molar-refractivity contribution in [2.24, 2.45) is 0 Å². The maximum Gasteiger partial charge on any atom is 0.271 e. The molecule has 3 aromatic rings. The van der Waals surface area contributed by atoms with Crippen LogP contribution in [0, 0.1) is 15.9 Å². The minimum atomic E-state index is -4.22. The fourth-order valence-corrected chi connectivity index (χ4v) is 5.23. The molecule has 2 amide bonds. The number of carbonyl (C=O) groups is 2. The van der Waals surface area contributed by atoms with Gasteiger partial charge in [0, 0.05) is 36.7 Å². The van der Waals surface area contributed by atoms with Crippen LogP contribution in [-0.4, -0.2) is 62.0 Å². The van der Waals surface area contributed by atoms with E-state index in [0.29, 0.717) is 10.7 Å². The van der Waals surface area contributed by atoms with E-state index in [2.05, 4.69) is 5.32 Å². The molecule has 0 saturated heterocycles. The number of carbonyl (C=O) groups excluding carboxylic acids is 2. The Labute approximate surface area is 250 Å². The standard InChI is InChI=1S/C30H35FN4O7S/c1-5-21(2)32-30(37)27(17-22-11-7-6-8-12-22)33(19-23-13-9-10-14-25(23)31)29(36)20-34(43(4,40)41)26-18-24(35(38)39)15-16-28(26)42-3/h6-16,18,21,27H,5,17,19-20H2,1-4H3,(H,32,37)/t21-,27-/m1/s1. The Morgan fingerprint density at radius 2 is 1.72 bits per heavy atom. The van der Waals surface area contributed by atoms with Gasteiger partial charge in [-0.2, -0.15) is 0 Å². The first-order chi connectivity index (χ1) is 20.3. The molecule has 0 aliphatic rings. The normalized spacial score (nSPS) is 12.6. The summed E-state index contributed by atoms with van der Waals surface area (Å²) in [5, 5.41) is 14.4. The number of hydrogen-bond donors (Lipinski definition) is 1. The van der Waals surface area contributed by atoms with E-state index in [-0.39, 0.29) is 36.0 Å². The highest BCUT2D eigenvalue weighted by atomic mass is 32.2. The van der Waals surface area contributed by atoms with E-state index in [1.807, 2.05) is 6.92 Å². The number of non-ortho nitro benzene ring substituents is 1. The van der Waals surface area contributed by atoms with E-state index in [1.165, 1.54) is 31.4 Å². The van der Waals surface area contributed by atoms with Gasteiger partial charge in [-0.1, -0.05) is 55.5 Å². The first-order valence-electron chi connectivity index (χ1n) is 13.5. The van der Waals surface area contributed by atoms with Crippen LogP contribution >= 0.6 is 0 Å². The fraction of sp³-hybridized carbons (Fsp3) is 0.333. The summed E-state index contributed by atoms with van der Waals surface area (Å²) in [5.41, 5.74) is 0.180. The van der Waals surface area contributed by atoms with Crippen LogP contribution in [0.4, 0.5) is 15.8 Å². The first-order valence-corrected chi connectivity index (χ1v) is 15.4. The predicted molar refractivity (Wildman–Crippen MR) is 161 cm³/mol. The Morgan fingerprint density at radius 3 is 2.30 bits per heavy atom. The molecular weight excluding hydrogens is 579 g/mol. The molecule has 43 heavy (non-hydrogen) atoms. The average molecular weight is 615 g/mol. The van der Waals surface area contributed by atoms with Gasteiger partial charge in [0.15, 0.2) is 0 Å². The third-order valence-corrected chi connectivity index (χ3v) is 8.02. The molecule has 0 aromatic heterocycles. The van der Waals surface area contributed by atoms with Crippen molar-refractivity contribution in [1.82, 2.24) is 10.2 Å². The van der Waals surface area contributed by atoms with Crippen LogP contribution in [0.25, 0.3) is 0 Å². The molecule has 0 saturated carbocycles. The molecule has 0 heterocycles. The van der Waals surface area contributed by atoms with Crippen molar-refractivity contribution in [1.29, 1.82) is 0 Å². The summed E-state index contributed by atoms with van der Waals surface area (Å²) in [6.45, 7) is 2.50. The van der Waals surface area contributed by atoms with Crippen molar-refractivity contribution in [2.45, 2.75) is 45.3 Å². The molecular formula is C30H35FN4O7S. The second-order valence-electron chi connectivity index (χ2n) is 10.0. The zero-order chi connectivity index (χ0) is 31.7. The topological polar surface area (TPSA) is 139 Å². The molecule has 0 radical (unpaired) electrons. The summed E-state index contributed by atoms with van der Waals surface area (Å²) >= 11 is 0. The van der Waals surface area contributed by atoms with Crippen molar-refractivity contribution in [2.75, 3.05) is 24.2 Å². The highest BCUT2D eigenvalue weighted by molar-refractivity contribution is 7.92. The molecule has 3 aromatic carbocycles. The Morgan fingerprint density at radius 1 is 1.07 bits per heavy atom. The summed E-state index contributed by atoms with van der Waals surface area (Å²) in [6, 6.07) is 16.7. The van der Waals surface area contributed by atoms with Gasteiger partial charge < -0.3 is 15.0 Å². The molecule has 13 heteroatoms. The van der Waals surface area contributed by atoms with Crippen molar-refractivity contribution in [3.8, 4) is 5.75 Å². The summed E-state index contributed by atoms with van der Waals surface area (Å²) in [7, 11) is -2.97. The third-order valence-electron chi connectivity index (χ3n) is 6.89. The maximum atomic E-state index is 14.9. The second kappa shape index (κ2) is 14.6. The molecule has 2 atom stereocenters. The Balaban J connectivity index is 2.14. The minimum Gasteiger partial charge on any atom is -0.495 e. The minimum absolute atomic E-state index is 0.0279. The Kier molecular flexibility index (Phi) is 11.2. The number of nitrogens with zero attached hydrogens (tertiary/aromatic N) is 3. The van der Waals surface area contributed by atoms with Gasteiger partial charge in [0.1, 0.15) is 29.8 Å². The number of amides is 2. The molecule has 0 spiro atoms. The van der Waals surface area contributed by atoms with Crippen molar-refractivity contribution >= 4 is 33.2 Å². The number of sulfonamides is 1. The second-order valence-corrected chi connectivity index (χ2v) is 11.9. The van der Waals surface area contributed by atoms with E-state index < -0.39 is 50.9 Å². The number of rotatable bonds is 14. The molecule has 0 fully saturated rings. The van der Waals surface area contributed by atoms with E-state index in [1.54, 1.807) is 43.3 Å². The summed E-state index contributed by atoms with van der Waals surface area (Å²) < 4.78 is 46.9. The smallest absolute Gasteiger partial charge is 0.271 e. The monoisotopic (exact) mass is 614 g/mol. The number of halogens is 1. The van der Waals surface area contributed by atoms with Gasteiger partial charge in [-0.05, 0) is 31.0 Å². The molecule has 3 rings (SSSR count). The number of nitro benzene ring substituents is 1. The molecule has 0 aliphatic carbocycles. The lowest BCUT2D eigenvalue weighted by atomic mass is 10.0. The van der Waals surface area contributed by atoms with Crippen molar-refractivity contribution in [3.63, 3.8) is 0 Å². The van der Waals surface area contributed by atoms with Gasteiger partial charge >= 0.3 is 0 Å². The van der Waals surface area contributed by atoms with Crippen molar-refractivity contribution in [3.05, 3.63) is 99.9 Å². The lowest BCUT2D eigenvalue weighted by molar-refractivity contribution is -0.384. The van der Waals surface area contributed by atoms with Crippen LogP contribution in [0.3, 0.4) is 0 Å². The number of anilines is 1. The zero-order valence-electron chi connectivity index (χ0n) is 24.4. The van der Waals surface area contributed by atoms with Crippen LogP contribution < -0.4 is 14.4 Å². The first kappa shape index (κ1) is 33.0. The number of hydrogen-bond acceptors (Lipinski definition) is 7. The molecule has 0 unspecified atom stereocenters. The number of ether oxygens (including phenoxy) is 1. The van der Waals surface area contributed by atoms with E-state index in [0.717, 1.165) is 28.9 Å². The SMILES string of the molecule is CC[C@@H](C)NC(=O)[C@@H](Cc1ccccc1)N(Cc1ccccc1F)C(=O)CN(c1cc([N+](=O)[O-])ccc1OC)S(C)(=O)=O. The average Bonchev–Trinajstić information content (AvgIpc) is 2.97. The highest BCUT2D eigenvalue weighted by Gasteiger charge is 2.35. The highest BCUT2D eigenvalue weighted by Crippen LogP contribution is 2.34. The van der Waals surface area contributed by atoms with Gasteiger partial charge in [0.05, 0.1) is 18.3 Å². The summed E-state index contributed by atoms with van der Waals surface area (Å²) in [4.78, 5) is 39.8. The number of benzene rings is 3. The van der Waals surface area contributed by atoms with E-state index in [4.69, 9.17) is 4.74 Å².